The van der Waals surface area contributed by atoms with Crippen LogP contribution in [0.2, 0.25) is 10.0 Å². The SMILES string of the molecule is COC(=O)c1cc(NC(=O)C=Cc2ccc(Cl)cc2Cl)ccc1N1CCOCC1. The van der Waals surface area contributed by atoms with E-state index in [1.807, 2.05) is 0 Å². The van der Waals surface area contributed by atoms with Crippen molar-refractivity contribution in [2.45, 2.75) is 0 Å². The molecule has 1 aliphatic rings. The third-order valence-electron chi connectivity index (χ3n) is 4.40. The van der Waals surface area contributed by atoms with E-state index in [0.29, 0.717) is 53.2 Å². The number of rotatable bonds is 5. The molecule has 1 N–H and O–H groups in total. The lowest BCUT2D eigenvalue weighted by molar-refractivity contribution is -0.111. The average Bonchev–Trinajstić information content (AvgIpc) is 2.73. The highest BCUT2D eigenvalue weighted by molar-refractivity contribution is 6.35. The zero-order valence-electron chi connectivity index (χ0n) is 15.8. The van der Waals surface area contributed by atoms with E-state index in [9.17, 15) is 9.59 Å². The van der Waals surface area contributed by atoms with Crippen LogP contribution in [-0.4, -0.2) is 45.3 Å². The first kappa shape index (κ1) is 21.2. The first-order chi connectivity index (χ1) is 14.0. The number of ether oxygens (including phenoxy) is 2. The van der Waals surface area contributed by atoms with Gasteiger partial charge in [-0.2, -0.15) is 0 Å². The van der Waals surface area contributed by atoms with Gasteiger partial charge in [-0.15, -0.1) is 0 Å². The minimum Gasteiger partial charge on any atom is -0.465 e. The van der Waals surface area contributed by atoms with Crippen LogP contribution in [0, 0.1) is 0 Å². The van der Waals surface area contributed by atoms with Crippen molar-refractivity contribution in [3.05, 3.63) is 63.6 Å². The molecule has 0 atom stereocenters. The summed E-state index contributed by atoms with van der Waals surface area (Å²) in [5.74, 6) is -0.822. The molecule has 1 aliphatic heterocycles. The van der Waals surface area contributed by atoms with Gasteiger partial charge in [-0.1, -0.05) is 29.3 Å². The summed E-state index contributed by atoms with van der Waals surface area (Å²) >= 11 is 12.0. The normalized spacial score (nSPS) is 14.1. The van der Waals surface area contributed by atoms with Gasteiger partial charge in [0.25, 0.3) is 0 Å². The molecule has 29 heavy (non-hydrogen) atoms. The smallest absolute Gasteiger partial charge is 0.340 e. The number of nitrogens with one attached hydrogen (secondary N) is 1. The van der Waals surface area contributed by atoms with Gasteiger partial charge in [0, 0.05) is 34.9 Å². The molecule has 1 heterocycles. The molecule has 1 amide bonds. The maximum atomic E-state index is 12.3. The van der Waals surface area contributed by atoms with E-state index in [0.717, 1.165) is 5.69 Å². The van der Waals surface area contributed by atoms with E-state index >= 15 is 0 Å². The third kappa shape index (κ3) is 5.50. The van der Waals surface area contributed by atoms with Crippen LogP contribution in [0.15, 0.2) is 42.5 Å². The summed E-state index contributed by atoms with van der Waals surface area (Å²) < 4.78 is 10.3. The number of carbonyl (C=O) groups is 2. The summed E-state index contributed by atoms with van der Waals surface area (Å²) in [7, 11) is 1.33. The number of hydrogen-bond acceptors (Lipinski definition) is 5. The highest BCUT2D eigenvalue weighted by Gasteiger charge is 2.20. The number of halogens is 2. The van der Waals surface area contributed by atoms with E-state index in [2.05, 4.69) is 10.2 Å². The molecule has 0 spiro atoms. The maximum Gasteiger partial charge on any atom is 0.340 e. The van der Waals surface area contributed by atoms with Gasteiger partial charge >= 0.3 is 5.97 Å². The molecule has 0 aliphatic carbocycles. The number of anilines is 2. The predicted molar refractivity (Wildman–Crippen MR) is 115 cm³/mol. The van der Waals surface area contributed by atoms with Gasteiger partial charge in [0.05, 0.1) is 31.6 Å². The molecule has 2 aromatic rings. The Balaban J connectivity index is 1.76. The van der Waals surface area contributed by atoms with Crippen LogP contribution < -0.4 is 10.2 Å². The van der Waals surface area contributed by atoms with Crippen LogP contribution in [0.4, 0.5) is 11.4 Å². The molecule has 0 saturated carbocycles. The first-order valence-electron chi connectivity index (χ1n) is 8.97. The molecule has 0 aromatic heterocycles. The van der Waals surface area contributed by atoms with Crippen LogP contribution in [-0.2, 0) is 14.3 Å². The van der Waals surface area contributed by atoms with Crippen LogP contribution in [0.1, 0.15) is 15.9 Å². The zero-order valence-corrected chi connectivity index (χ0v) is 17.3. The molecule has 6 nitrogen and oxygen atoms in total. The number of nitrogens with zero attached hydrogens (tertiary/aromatic N) is 1. The minimum absolute atomic E-state index is 0.356. The van der Waals surface area contributed by atoms with Crippen molar-refractivity contribution in [2.75, 3.05) is 43.6 Å². The van der Waals surface area contributed by atoms with Crippen molar-refractivity contribution in [3.63, 3.8) is 0 Å². The first-order valence-corrected chi connectivity index (χ1v) is 9.72. The fraction of sp³-hybridized carbons (Fsp3) is 0.238. The summed E-state index contributed by atoms with van der Waals surface area (Å²) in [6, 6.07) is 10.2. The van der Waals surface area contributed by atoms with Crippen molar-refractivity contribution < 1.29 is 19.1 Å². The molecule has 1 fully saturated rings. The Labute approximate surface area is 179 Å². The van der Waals surface area contributed by atoms with Crippen LogP contribution in [0.5, 0.6) is 0 Å². The lowest BCUT2D eigenvalue weighted by Gasteiger charge is -2.30. The highest BCUT2D eigenvalue weighted by atomic mass is 35.5. The van der Waals surface area contributed by atoms with Crippen molar-refractivity contribution >= 4 is 52.5 Å². The largest absolute Gasteiger partial charge is 0.465 e. The summed E-state index contributed by atoms with van der Waals surface area (Å²) in [5.41, 5.74) is 2.29. The molecule has 152 valence electrons. The number of amides is 1. The fourth-order valence-electron chi connectivity index (χ4n) is 2.95. The average molecular weight is 435 g/mol. The van der Waals surface area contributed by atoms with Gasteiger partial charge in [-0.05, 0) is 42.0 Å². The van der Waals surface area contributed by atoms with E-state index < -0.39 is 5.97 Å². The van der Waals surface area contributed by atoms with E-state index in [1.165, 1.54) is 13.2 Å². The van der Waals surface area contributed by atoms with Gasteiger partial charge in [-0.3, -0.25) is 4.79 Å². The van der Waals surface area contributed by atoms with Crippen LogP contribution in [0.25, 0.3) is 6.08 Å². The second-order valence-corrected chi connectivity index (χ2v) is 7.15. The van der Waals surface area contributed by atoms with Crippen molar-refractivity contribution in [1.82, 2.24) is 0 Å². The van der Waals surface area contributed by atoms with Crippen LogP contribution >= 0.6 is 23.2 Å². The van der Waals surface area contributed by atoms with Gasteiger partial charge < -0.3 is 19.7 Å². The van der Waals surface area contributed by atoms with Crippen molar-refractivity contribution in [3.8, 4) is 0 Å². The van der Waals surface area contributed by atoms with Crippen molar-refractivity contribution in [2.24, 2.45) is 0 Å². The predicted octanol–water partition coefficient (Wildman–Crippen LogP) is 4.27. The topological polar surface area (TPSA) is 67.9 Å². The summed E-state index contributed by atoms with van der Waals surface area (Å²) in [6.45, 7) is 2.55. The molecule has 0 radical (unpaired) electrons. The van der Waals surface area contributed by atoms with Gasteiger partial charge in [-0.25, -0.2) is 4.79 Å². The molecule has 8 heteroatoms. The Morgan fingerprint density at radius 1 is 1.14 bits per heavy atom. The van der Waals surface area contributed by atoms with Gasteiger partial charge in [0.15, 0.2) is 0 Å². The Hall–Kier alpha value is -2.54. The number of morpholine rings is 1. The molecular weight excluding hydrogens is 415 g/mol. The second-order valence-electron chi connectivity index (χ2n) is 6.31. The Morgan fingerprint density at radius 2 is 1.90 bits per heavy atom. The monoisotopic (exact) mass is 434 g/mol. The standard InChI is InChI=1S/C21H20Cl2N2O4/c1-28-21(27)17-13-16(5-6-19(17)25-8-10-29-11-9-25)24-20(26)7-3-14-2-4-15(22)12-18(14)23/h2-7,12-13H,8-11H2,1H3,(H,24,26). The fourth-order valence-corrected chi connectivity index (χ4v) is 3.42. The van der Waals surface area contributed by atoms with Gasteiger partial charge in [0.2, 0.25) is 5.91 Å². The van der Waals surface area contributed by atoms with Crippen LogP contribution in [0.3, 0.4) is 0 Å². The highest BCUT2D eigenvalue weighted by Crippen LogP contribution is 2.26. The van der Waals surface area contributed by atoms with Gasteiger partial charge in [0.1, 0.15) is 0 Å². The second kappa shape index (κ2) is 9.78. The molecule has 0 bridgehead atoms. The summed E-state index contributed by atoms with van der Waals surface area (Å²) in [5, 5.41) is 3.72. The van der Waals surface area contributed by atoms with E-state index in [-0.39, 0.29) is 5.91 Å². The molecule has 2 aromatic carbocycles. The van der Waals surface area contributed by atoms with E-state index in [4.69, 9.17) is 32.7 Å². The molecule has 3 rings (SSSR count). The number of carbonyl (C=O) groups excluding carboxylic acids is 2. The van der Waals surface area contributed by atoms with Crippen molar-refractivity contribution in [1.29, 1.82) is 0 Å². The number of esters is 1. The number of benzene rings is 2. The summed E-state index contributed by atoms with van der Waals surface area (Å²) in [6.07, 6.45) is 2.96. The number of hydrogen-bond donors (Lipinski definition) is 1. The third-order valence-corrected chi connectivity index (χ3v) is 4.96. The lowest BCUT2D eigenvalue weighted by atomic mass is 10.1. The Bertz CT molecular complexity index is 940. The van der Waals surface area contributed by atoms with E-state index in [1.54, 1.807) is 42.5 Å². The molecule has 0 unspecified atom stereocenters. The maximum absolute atomic E-state index is 12.3. The Kier molecular flexibility index (Phi) is 7.14. The zero-order chi connectivity index (χ0) is 20.8. The molecule has 1 saturated heterocycles. The molecular formula is C21H20Cl2N2O4. The lowest BCUT2D eigenvalue weighted by Crippen LogP contribution is -2.37. The quantitative estimate of drug-likeness (QED) is 0.561. The minimum atomic E-state index is -0.467. The number of methoxy groups -OCH3 is 1. The summed E-state index contributed by atoms with van der Waals surface area (Å²) in [4.78, 5) is 26.6. The Morgan fingerprint density at radius 3 is 2.59 bits per heavy atom.